The van der Waals surface area contributed by atoms with Gasteiger partial charge in [0.1, 0.15) is 17.0 Å². The molecule has 0 spiro atoms. The number of fused-ring (bicyclic) bond motifs is 1. The highest BCUT2D eigenvalue weighted by molar-refractivity contribution is 7.99. The number of carboxylic acids is 1. The summed E-state index contributed by atoms with van der Waals surface area (Å²) in [5, 5.41) is 12.6. The molecule has 0 radical (unpaired) electrons. The van der Waals surface area contributed by atoms with E-state index in [1.165, 1.54) is 10.8 Å². The Balaban J connectivity index is 2.43. The van der Waals surface area contributed by atoms with Crippen molar-refractivity contribution in [1.82, 2.24) is 19.6 Å². The van der Waals surface area contributed by atoms with Gasteiger partial charge in [-0.2, -0.15) is 14.6 Å². The van der Waals surface area contributed by atoms with E-state index in [0.717, 1.165) is 17.8 Å². The summed E-state index contributed by atoms with van der Waals surface area (Å²) in [7, 11) is 0. The third-order valence-electron chi connectivity index (χ3n) is 1.81. The van der Waals surface area contributed by atoms with Crippen molar-refractivity contribution < 1.29 is 18.7 Å². The van der Waals surface area contributed by atoms with Gasteiger partial charge in [0.15, 0.2) is 0 Å². The van der Waals surface area contributed by atoms with Crippen LogP contribution in [-0.4, -0.2) is 36.4 Å². The van der Waals surface area contributed by atoms with E-state index >= 15 is 0 Å². The molecule has 0 fully saturated rings. The number of thioether (sulfide) groups is 1. The zero-order chi connectivity index (χ0) is 12.4. The summed E-state index contributed by atoms with van der Waals surface area (Å²) in [5.74, 6) is -1.27. The van der Waals surface area contributed by atoms with E-state index in [4.69, 9.17) is 5.11 Å². The van der Waals surface area contributed by atoms with Gasteiger partial charge in [-0.15, -0.1) is 0 Å². The first-order valence-corrected chi connectivity index (χ1v) is 5.40. The average molecular weight is 260 g/mol. The number of hydrogen-bond donors (Lipinski definition) is 1. The van der Waals surface area contributed by atoms with Gasteiger partial charge >= 0.3 is 5.97 Å². The lowest BCUT2D eigenvalue weighted by Crippen LogP contribution is -2.03. The Kier molecular flexibility index (Phi) is 3.18. The second kappa shape index (κ2) is 4.62. The van der Waals surface area contributed by atoms with Crippen LogP contribution in [0.15, 0.2) is 17.4 Å². The van der Waals surface area contributed by atoms with E-state index in [1.807, 2.05) is 0 Å². The van der Waals surface area contributed by atoms with Crippen molar-refractivity contribution in [2.75, 3.05) is 5.75 Å². The molecule has 2 rings (SSSR count). The predicted molar refractivity (Wildman–Crippen MR) is 54.1 cm³/mol. The molecule has 0 amide bonds. The molecule has 0 atom stereocenters. The third kappa shape index (κ3) is 2.49. The Hall–Kier alpha value is -1.77. The summed E-state index contributed by atoms with van der Waals surface area (Å²) in [6.07, 6.45) is -1.57. The van der Waals surface area contributed by atoms with Crippen LogP contribution in [-0.2, 0) is 4.79 Å². The molecule has 0 unspecified atom stereocenters. The molecule has 2 heterocycles. The number of halogens is 2. The lowest BCUT2D eigenvalue weighted by Gasteiger charge is -2.04. The Bertz CT molecular complexity index is 559. The molecule has 0 bridgehead atoms. The van der Waals surface area contributed by atoms with Crippen LogP contribution in [0.1, 0.15) is 12.1 Å². The predicted octanol–water partition coefficient (Wildman–Crippen LogP) is 1.24. The standard InChI is InChI=1S/C8H6F2N4O2S/c9-7(10)4-1-5(17-2-6(15)16)14-8(13-4)11-3-12-14/h1,3,7H,2H2,(H,15,16). The second-order valence-electron chi connectivity index (χ2n) is 2.97. The van der Waals surface area contributed by atoms with E-state index in [0.29, 0.717) is 0 Å². The minimum Gasteiger partial charge on any atom is -0.481 e. The van der Waals surface area contributed by atoms with Gasteiger partial charge in [0.2, 0.25) is 0 Å². The summed E-state index contributed by atoms with van der Waals surface area (Å²) in [6, 6.07) is 1.11. The highest BCUT2D eigenvalue weighted by Gasteiger charge is 2.15. The molecule has 90 valence electrons. The van der Waals surface area contributed by atoms with E-state index in [1.54, 1.807) is 0 Å². The lowest BCUT2D eigenvalue weighted by molar-refractivity contribution is -0.133. The van der Waals surface area contributed by atoms with Gasteiger partial charge in [-0.1, -0.05) is 11.8 Å². The van der Waals surface area contributed by atoms with Crippen LogP contribution in [0, 0.1) is 0 Å². The van der Waals surface area contributed by atoms with Crippen molar-refractivity contribution >= 4 is 23.5 Å². The maximum absolute atomic E-state index is 12.5. The van der Waals surface area contributed by atoms with Gasteiger partial charge in [-0.3, -0.25) is 4.79 Å². The fourth-order valence-corrected chi connectivity index (χ4v) is 1.88. The van der Waals surface area contributed by atoms with Crippen molar-refractivity contribution in [2.45, 2.75) is 11.5 Å². The highest BCUT2D eigenvalue weighted by Crippen LogP contribution is 2.23. The van der Waals surface area contributed by atoms with Gasteiger partial charge in [0.25, 0.3) is 12.2 Å². The summed E-state index contributed by atoms with van der Waals surface area (Å²) >= 11 is 0.882. The van der Waals surface area contributed by atoms with Crippen LogP contribution in [0.3, 0.4) is 0 Å². The largest absolute Gasteiger partial charge is 0.481 e. The van der Waals surface area contributed by atoms with E-state index in [2.05, 4.69) is 15.1 Å². The fraction of sp³-hybridized carbons (Fsp3) is 0.250. The molecule has 9 heteroatoms. The van der Waals surface area contributed by atoms with E-state index < -0.39 is 18.1 Å². The first kappa shape index (κ1) is 11.7. The zero-order valence-corrected chi connectivity index (χ0v) is 9.06. The Morgan fingerprint density at radius 2 is 2.35 bits per heavy atom. The molecule has 0 saturated heterocycles. The Labute approximate surface area is 97.7 Å². The Morgan fingerprint density at radius 3 is 3.00 bits per heavy atom. The van der Waals surface area contributed by atoms with Gasteiger partial charge in [0.05, 0.1) is 5.75 Å². The molecule has 0 saturated carbocycles. The van der Waals surface area contributed by atoms with Crippen molar-refractivity contribution in [3.05, 3.63) is 18.1 Å². The van der Waals surface area contributed by atoms with Crippen molar-refractivity contribution in [3.8, 4) is 0 Å². The zero-order valence-electron chi connectivity index (χ0n) is 8.25. The molecule has 0 aromatic carbocycles. The van der Waals surface area contributed by atoms with Crippen molar-refractivity contribution in [3.63, 3.8) is 0 Å². The average Bonchev–Trinajstić information content (AvgIpc) is 2.73. The molecule has 0 aliphatic heterocycles. The number of aliphatic carboxylic acids is 1. The van der Waals surface area contributed by atoms with Crippen LogP contribution >= 0.6 is 11.8 Å². The summed E-state index contributed by atoms with van der Waals surface area (Å²) in [6.45, 7) is 0. The topological polar surface area (TPSA) is 80.4 Å². The van der Waals surface area contributed by atoms with Crippen molar-refractivity contribution in [1.29, 1.82) is 0 Å². The Morgan fingerprint density at radius 1 is 1.59 bits per heavy atom. The molecule has 1 N–H and O–H groups in total. The van der Waals surface area contributed by atoms with Crippen LogP contribution < -0.4 is 0 Å². The maximum Gasteiger partial charge on any atom is 0.313 e. The number of alkyl halides is 2. The molecule has 0 aliphatic carbocycles. The third-order valence-corrected chi connectivity index (χ3v) is 2.78. The SMILES string of the molecule is O=C(O)CSc1cc(C(F)F)nc2ncnn12. The number of carboxylic acid groups (broad SMARTS) is 1. The second-order valence-corrected chi connectivity index (χ2v) is 3.97. The lowest BCUT2D eigenvalue weighted by atomic mass is 10.4. The summed E-state index contributed by atoms with van der Waals surface area (Å²) in [4.78, 5) is 17.7. The van der Waals surface area contributed by atoms with Gasteiger partial charge in [-0.25, -0.2) is 13.8 Å². The molecule has 2 aromatic rings. The molecule has 6 nitrogen and oxygen atoms in total. The maximum atomic E-state index is 12.5. The normalized spacial score (nSPS) is 11.2. The van der Waals surface area contributed by atoms with Gasteiger partial charge in [-0.05, 0) is 6.07 Å². The summed E-state index contributed by atoms with van der Waals surface area (Å²) < 4.78 is 26.3. The minimum absolute atomic E-state index is 0.0238. The number of aromatic nitrogens is 4. The first-order chi connectivity index (χ1) is 8.08. The molecule has 0 aliphatic rings. The van der Waals surface area contributed by atoms with Gasteiger partial charge in [0, 0.05) is 0 Å². The molecular formula is C8H6F2N4O2S. The number of hydrogen-bond acceptors (Lipinski definition) is 5. The van der Waals surface area contributed by atoms with E-state index in [-0.39, 0.29) is 16.6 Å². The first-order valence-electron chi connectivity index (χ1n) is 4.41. The highest BCUT2D eigenvalue weighted by atomic mass is 32.2. The smallest absolute Gasteiger partial charge is 0.313 e. The minimum atomic E-state index is -2.74. The summed E-state index contributed by atoms with van der Waals surface area (Å²) in [5.41, 5.74) is -0.446. The van der Waals surface area contributed by atoms with Crippen LogP contribution in [0.5, 0.6) is 0 Å². The van der Waals surface area contributed by atoms with E-state index in [9.17, 15) is 13.6 Å². The van der Waals surface area contributed by atoms with Crippen LogP contribution in [0.25, 0.3) is 5.78 Å². The monoisotopic (exact) mass is 260 g/mol. The van der Waals surface area contributed by atoms with Crippen LogP contribution in [0.4, 0.5) is 8.78 Å². The molecule has 2 aromatic heterocycles. The number of nitrogens with zero attached hydrogens (tertiary/aromatic N) is 4. The molecular weight excluding hydrogens is 254 g/mol. The van der Waals surface area contributed by atoms with Crippen molar-refractivity contribution in [2.24, 2.45) is 0 Å². The number of rotatable bonds is 4. The number of carbonyl (C=O) groups is 1. The quantitative estimate of drug-likeness (QED) is 0.658. The van der Waals surface area contributed by atoms with Gasteiger partial charge < -0.3 is 5.11 Å². The fourth-order valence-electron chi connectivity index (χ4n) is 1.15. The van der Waals surface area contributed by atoms with Crippen LogP contribution in [0.2, 0.25) is 0 Å². The molecule has 17 heavy (non-hydrogen) atoms.